The van der Waals surface area contributed by atoms with Crippen molar-refractivity contribution in [1.82, 2.24) is 0 Å². The van der Waals surface area contributed by atoms with Crippen LogP contribution < -0.4 is 0 Å². The molecule has 0 nitrogen and oxygen atoms in total. The van der Waals surface area contributed by atoms with E-state index < -0.39 is 0 Å². The van der Waals surface area contributed by atoms with Crippen LogP contribution in [0.5, 0.6) is 0 Å². The number of aryl methyl sites for hydroxylation is 3. The molecule has 0 saturated heterocycles. The van der Waals surface area contributed by atoms with Crippen molar-refractivity contribution >= 4 is 0 Å². The van der Waals surface area contributed by atoms with Gasteiger partial charge in [0.05, 0.1) is 0 Å². The van der Waals surface area contributed by atoms with E-state index in [0.717, 1.165) is 0 Å². The van der Waals surface area contributed by atoms with E-state index in [9.17, 15) is 0 Å². The lowest BCUT2D eigenvalue weighted by Gasteiger charge is -2.09. The van der Waals surface area contributed by atoms with E-state index in [2.05, 4.69) is 25.1 Å². The van der Waals surface area contributed by atoms with Gasteiger partial charge in [0.1, 0.15) is 0 Å². The monoisotopic (exact) mass is 202 g/mol. The second-order valence-electron chi connectivity index (χ2n) is 4.72. The quantitative estimate of drug-likeness (QED) is 0.637. The number of hydrogen-bond donors (Lipinski definition) is 0. The molecule has 0 radical (unpaired) electrons. The van der Waals surface area contributed by atoms with Gasteiger partial charge in [-0.15, -0.1) is 0 Å². The van der Waals surface area contributed by atoms with Crippen molar-refractivity contribution in [2.24, 2.45) is 0 Å². The molecule has 0 N–H and O–H groups in total. The third-order valence-electron chi connectivity index (χ3n) is 3.57. The van der Waals surface area contributed by atoms with E-state index in [-0.39, 0.29) is 0 Å². The molecule has 0 aromatic heterocycles. The largest absolute Gasteiger partial charge is 0.0613 e. The van der Waals surface area contributed by atoms with E-state index >= 15 is 0 Å². The number of fused-ring (bicyclic) bond motifs is 1. The van der Waals surface area contributed by atoms with Crippen LogP contribution in [0.3, 0.4) is 0 Å². The van der Waals surface area contributed by atoms with Crippen molar-refractivity contribution < 1.29 is 0 Å². The van der Waals surface area contributed by atoms with Gasteiger partial charge in [-0.3, -0.25) is 0 Å². The predicted octanol–water partition coefficient (Wildman–Crippen LogP) is 4.30. The van der Waals surface area contributed by atoms with E-state index in [1.165, 1.54) is 56.9 Å². The molecular formula is C15H22. The van der Waals surface area contributed by atoms with Gasteiger partial charge in [-0.2, -0.15) is 0 Å². The molecule has 0 saturated carbocycles. The highest BCUT2D eigenvalue weighted by Gasteiger charge is 2.06. The summed E-state index contributed by atoms with van der Waals surface area (Å²) in [5, 5.41) is 0. The molecule has 15 heavy (non-hydrogen) atoms. The summed E-state index contributed by atoms with van der Waals surface area (Å²) in [6, 6.07) is 7.14. The summed E-state index contributed by atoms with van der Waals surface area (Å²) in [6.07, 6.45) is 10.9. The highest BCUT2D eigenvalue weighted by molar-refractivity contribution is 5.32. The smallest absolute Gasteiger partial charge is 0.0276 e. The first kappa shape index (κ1) is 10.7. The maximum absolute atomic E-state index is 2.45. The maximum atomic E-state index is 2.45. The first-order chi connectivity index (χ1) is 7.40. The number of hydrogen-bond acceptors (Lipinski definition) is 0. The van der Waals surface area contributed by atoms with Crippen LogP contribution in [0.4, 0.5) is 0 Å². The maximum Gasteiger partial charge on any atom is -0.0276 e. The molecule has 1 aromatic carbocycles. The van der Waals surface area contributed by atoms with Crippen molar-refractivity contribution in [1.29, 1.82) is 0 Å². The number of rotatable bonds is 1. The van der Waals surface area contributed by atoms with Crippen LogP contribution in [0.25, 0.3) is 0 Å². The van der Waals surface area contributed by atoms with Crippen LogP contribution in [0.15, 0.2) is 18.2 Å². The van der Waals surface area contributed by atoms with Gasteiger partial charge in [-0.05, 0) is 48.8 Å². The van der Waals surface area contributed by atoms with E-state index in [1.807, 2.05) is 0 Å². The molecule has 0 aliphatic heterocycles. The molecule has 82 valence electrons. The van der Waals surface area contributed by atoms with E-state index in [1.54, 1.807) is 11.1 Å². The molecule has 0 heteroatoms. The molecule has 0 spiro atoms. The van der Waals surface area contributed by atoms with Gasteiger partial charge in [0.2, 0.25) is 0 Å². The van der Waals surface area contributed by atoms with Crippen LogP contribution in [0.2, 0.25) is 0 Å². The Morgan fingerprint density at radius 3 is 2.27 bits per heavy atom. The summed E-state index contributed by atoms with van der Waals surface area (Å²) >= 11 is 0. The lowest BCUT2D eigenvalue weighted by Crippen LogP contribution is -1.95. The van der Waals surface area contributed by atoms with Gasteiger partial charge in [0.15, 0.2) is 0 Å². The van der Waals surface area contributed by atoms with Crippen molar-refractivity contribution in [2.45, 2.75) is 58.3 Å². The molecule has 0 amide bonds. The Kier molecular flexibility index (Phi) is 3.82. The van der Waals surface area contributed by atoms with Crippen molar-refractivity contribution in [2.75, 3.05) is 0 Å². The van der Waals surface area contributed by atoms with Gasteiger partial charge in [0, 0.05) is 0 Å². The topological polar surface area (TPSA) is 0 Å². The first-order valence-corrected chi connectivity index (χ1v) is 6.51. The second-order valence-corrected chi connectivity index (χ2v) is 4.72. The molecule has 0 fully saturated rings. The minimum atomic E-state index is 1.17. The Morgan fingerprint density at radius 1 is 0.867 bits per heavy atom. The van der Waals surface area contributed by atoms with E-state index in [0.29, 0.717) is 0 Å². The Labute approximate surface area is 93.7 Å². The van der Waals surface area contributed by atoms with E-state index in [4.69, 9.17) is 0 Å². The second kappa shape index (κ2) is 5.34. The van der Waals surface area contributed by atoms with Crippen LogP contribution in [0.1, 0.15) is 55.7 Å². The van der Waals surface area contributed by atoms with Crippen LogP contribution in [-0.2, 0) is 19.3 Å². The third kappa shape index (κ3) is 2.84. The molecule has 0 bridgehead atoms. The average molecular weight is 202 g/mol. The molecule has 1 aliphatic carbocycles. The third-order valence-corrected chi connectivity index (χ3v) is 3.57. The Hall–Kier alpha value is -0.780. The minimum absolute atomic E-state index is 1.17. The van der Waals surface area contributed by atoms with Gasteiger partial charge in [0.25, 0.3) is 0 Å². The summed E-state index contributed by atoms with van der Waals surface area (Å²) in [7, 11) is 0. The van der Waals surface area contributed by atoms with Gasteiger partial charge < -0.3 is 0 Å². The molecular weight excluding hydrogens is 180 g/mol. The zero-order chi connectivity index (χ0) is 10.5. The van der Waals surface area contributed by atoms with Gasteiger partial charge in [-0.1, -0.05) is 44.4 Å². The normalized spacial score (nSPS) is 17.4. The van der Waals surface area contributed by atoms with Crippen LogP contribution in [-0.4, -0.2) is 0 Å². The molecule has 2 rings (SSSR count). The van der Waals surface area contributed by atoms with Crippen LogP contribution >= 0.6 is 0 Å². The lowest BCUT2D eigenvalue weighted by molar-refractivity contribution is 0.629. The molecule has 0 unspecified atom stereocenters. The van der Waals surface area contributed by atoms with Crippen molar-refractivity contribution in [3.63, 3.8) is 0 Å². The first-order valence-electron chi connectivity index (χ1n) is 6.51. The highest BCUT2D eigenvalue weighted by atomic mass is 14.1. The average Bonchev–Trinajstić information content (AvgIpc) is 2.39. The lowest BCUT2D eigenvalue weighted by atomic mass is 9.96. The Bertz CT molecular complexity index is 312. The highest BCUT2D eigenvalue weighted by Crippen LogP contribution is 2.21. The Morgan fingerprint density at radius 2 is 1.53 bits per heavy atom. The Balaban J connectivity index is 2.21. The summed E-state index contributed by atoms with van der Waals surface area (Å²) < 4.78 is 0. The van der Waals surface area contributed by atoms with Gasteiger partial charge in [-0.25, -0.2) is 0 Å². The van der Waals surface area contributed by atoms with Crippen LogP contribution in [0, 0.1) is 0 Å². The van der Waals surface area contributed by atoms with Crippen molar-refractivity contribution in [3.8, 4) is 0 Å². The molecule has 0 heterocycles. The summed E-state index contributed by atoms with van der Waals surface area (Å²) in [4.78, 5) is 0. The molecule has 1 aliphatic rings. The summed E-state index contributed by atoms with van der Waals surface area (Å²) in [5.41, 5.74) is 4.76. The predicted molar refractivity (Wildman–Crippen MR) is 66.3 cm³/mol. The number of benzene rings is 1. The standard InChI is InChI=1S/C15H22/c1-2-13-10-11-14-8-6-4-3-5-7-9-15(14)12-13/h10-12H,2-9H2,1H3. The minimum Gasteiger partial charge on any atom is -0.0613 e. The fraction of sp³-hybridized carbons (Fsp3) is 0.600. The zero-order valence-electron chi connectivity index (χ0n) is 9.89. The fourth-order valence-electron chi connectivity index (χ4n) is 2.54. The fourth-order valence-corrected chi connectivity index (χ4v) is 2.54. The van der Waals surface area contributed by atoms with Gasteiger partial charge >= 0.3 is 0 Å². The summed E-state index contributed by atoms with van der Waals surface area (Å²) in [6.45, 7) is 2.25. The van der Waals surface area contributed by atoms with Crippen molar-refractivity contribution in [3.05, 3.63) is 34.9 Å². The summed E-state index contributed by atoms with van der Waals surface area (Å²) in [5.74, 6) is 0. The molecule has 1 aromatic rings. The zero-order valence-corrected chi connectivity index (χ0v) is 9.89. The SMILES string of the molecule is CCc1ccc2c(c1)CCCCCCC2. The molecule has 0 atom stereocenters.